The maximum absolute atomic E-state index is 13.5. The van der Waals surface area contributed by atoms with Gasteiger partial charge in [0.2, 0.25) is 17.4 Å². The smallest absolute Gasteiger partial charge is 0.426 e. The van der Waals surface area contributed by atoms with Crippen LogP contribution in [0.15, 0.2) is 47.0 Å². The van der Waals surface area contributed by atoms with Crippen LogP contribution in [0.4, 0.5) is 19.0 Å². The van der Waals surface area contributed by atoms with E-state index in [2.05, 4.69) is 9.97 Å². The highest BCUT2D eigenvalue weighted by molar-refractivity contribution is 5.91. The monoisotopic (exact) mass is 367 g/mol. The topological polar surface area (TPSA) is 108 Å². The van der Waals surface area contributed by atoms with Crippen molar-refractivity contribution < 1.29 is 32.6 Å². The minimum absolute atomic E-state index is 0.0351. The number of hydrogen-bond acceptors (Lipinski definition) is 6. The van der Waals surface area contributed by atoms with Crippen LogP contribution < -0.4 is 5.32 Å². The Hall–Kier alpha value is -3.14. The first-order chi connectivity index (χ1) is 12.2. The number of aromatic hydroxyl groups is 1. The van der Waals surface area contributed by atoms with Crippen LogP contribution in [0.25, 0.3) is 11.1 Å². The van der Waals surface area contributed by atoms with E-state index in [1.165, 1.54) is 42.6 Å². The van der Waals surface area contributed by atoms with E-state index in [1.807, 2.05) is 5.32 Å². The van der Waals surface area contributed by atoms with E-state index < -0.39 is 35.7 Å². The number of pyridine rings is 1. The van der Waals surface area contributed by atoms with Gasteiger partial charge in [-0.15, -0.1) is 0 Å². The van der Waals surface area contributed by atoms with E-state index in [0.717, 1.165) is 0 Å². The summed E-state index contributed by atoms with van der Waals surface area (Å²) in [4.78, 5) is 19.3. The second-order valence-electron chi connectivity index (χ2n) is 5.44. The average molecular weight is 367 g/mol. The highest BCUT2D eigenvalue weighted by Gasteiger charge is 2.59. The molecule has 3 N–H and O–H groups in total. The number of nitrogens with one attached hydrogen (secondary N) is 1. The molecule has 0 saturated heterocycles. The minimum Gasteiger partial charge on any atom is -0.504 e. The van der Waals surface area contributed by atoms with Crippen LogP contribution in [0, 0.1) is 0 Å². The summed E-state index contributed by atoms with van der Waals surface area (Å²) in [5.74, 6) is -3.05. The molecule has 1 atom stereocenters. The third kappa shape index (κ3) is 3.18. The average Bonchev–Trinajstić information content (AvgIpc) is 3.00. The Morgan fingerprint density at radius 3 is 2.58 bits per heavy atom. The molecule has 1 amide bonds. The number of oxazole rings is 1. The molecular weight excluding hydrogens is 355 g/mol. The number of halogens is 3. The molecule has 136 valence electrons. The quantitative estimate of drug-likeness (QED) is 0.654. The number of alkyl halides is 3. The van der Waals surface area contributed by atoms with Crippen molar-refractivity contribution in [1.29, 1.82) is 0 Å². The number of aromatic nitrogens is 2. The molecule has 0 aliphatic rings. The van der Waals surface area contributed by atoms with Crippen LogP contribution >= 0.6 is 0 Å². The number of fused-ring (bicyclic) bond motifs is 1. The number of para-hydroxylation sites is 2. The Bertz CT molecular complexity index is 924. The van der Waals surface area contributed by atoms with Crippen molar-refractivity contribution >= 4 is 22.8 Å². The van der Waals surface area contributed by atoms with Crippen molar-refractivity contribution in [1.82, 2.24) is 9.97 Å². The molecule has 10 heteroatoms. The summed E-state index contributed by atoms with van der Waals surface area (Å²) >= 11 is 0. The van der Waals surface area contributed by atoms with Crippen LogP contribution in [0.3, 0.4) is 0 Å². The zero-order valence-electron chi connectivity index (χ0n) is 13.0. The van der Waals surface area contributed by atoms with E-state index >= 15 is 0 Å². The van der Waals surface area contributed by atoms with E-state index in [4.69, 9.17) is 4.42 Å². The first kappa shape index (κ1) is 17.7. The molecule has 3 aromatic rings. The third-order valence-electron chi connectivity index (χ3n) is 3.58. The molecule has 0 aliphatic heterocycles. The molecule has 0 radical (unpaired) electrons. The SMILES string of the molecule is O=C(C[C@](O)(c1nc2ccccc2o1)C(F)(F)F)Nc1ncccc1O. The molecule has 7 nitrogen and oxygen atoms in total. The lowest BCUT2D eigenvalue weighted by atomic mass is 9.98. The van der Waals surface area contributed by atoms with Crippen LogP contribution in [-0.2, 0) is 10.4 Å². The maximum Gasteiger partial charge on any atom is 0.426 e. The molecule has 1 aromatic carbocycles. The summed E-state index contributed by atoms with van der Waals surface area (Å²) in [7, 11) is 0. The summed E-state index contributed by atoms with van der Waals surface area (Å²) < 4.78 is 45.5. The molecule has 2 aromatic heterocycles. The summed E-state index contributed by atoms with van der Waals surface area (Å²) in [5.41, 5.74) is -3.51. The highest BCUT2D eigenvalue weighted by Crippen LogP contribution is 2.42. The molecule has 3 rings (SSSR count). The van der Waals surface area contributed by atoms with Crippen molar-refractivity contribution in [3.05, 3.63) is 48.5 Å². The van der Waals surface area contributed by atoms with Crippen molar-refractivity contribution in [3.63, 3.8) is 0 Å². The van der Waals surface area contributed by atoms with Crippen molar-refractivity contribution in [2.45, 2.75) is 18.2 Å². The van der Waals surface area contributed by atoms with E-state index in [-0.39, 0.29) is 16.9 Å². The van der Waals surface area contributed by atoms with Crippen molar-refractivity contribution in [2.24, 2.45) is 0 Å². The summed E-state index contributed by atoms with van der Waals surface area (Å²) in [6, 6.07) is 8.42. The van der Waals surface area contributed by atoms with Crippen molar-refractivity contribution in [2.75, 3.05) is 5.32 Å². The highest BCUT2D eigenvalue weighted by atomic mass is 19.4. The Morgan fingerprint density at radius 2 is 1.92 bits per heavy atom. The first-order valence-corrected chi connectivity index (χ1v) is 7.30. The number of hydrogen-bond donors (Lipinski definition) is 3. The van der Waals surface area contributed by atoms with E-state index in [1.54, 1.807) is 0 Å². The number of nitrogens with zero attached hydrogens (tertiary/aromatic N) is 2. The fraction of sp³-hybridized carbons (Fsp3) is 0.188. The van der Waals surface area contributed by atoms with Crippen molar-refractivity contribution in [3.8, 4) is 5.75 Å². The Morgan fingerprint density at radius 1 is 1.19 bits per heavy atom. The number of benzene rings is 1. The van der Waals surface area contributed by atoms with Gasteiger partial charge in [-0.1, -0.05) is 12.1 Å². The molecule has 26 heavy (non-hydrogen) atoms. The molecule has 0 aliphatic carbocycles. The predicted octanol–water partition coefficient (Wildman–Crippen LogP) is 2.71. The Balaban J connectivity index is 1.93. The fourth-order valence-electron chi connectivity index (χ4n) is 2.25. The zero-order chi connectivity index (χ0) is 18.9. The molecule has 0 saturated carbocycles. The van der Waals surface area contributed by atoms with Crippen LogP contribution in [0.2, 0.25) is 0 Å². The summed E-state index contributed by atoms with van der Waals surface area (Å²) in [5, 5.41) is 21.8. The summed E-state index contributed by atoms with van der Waals surface area (Å²) in [6.45, 7) is 0. The van der Waals surface area contributed by atoms with Gasteiger partial charge in [-0.25, -0.2) is 9.97 Å². The lowest BCUT2D eigenvalue weighted by Crippen LogP contribution is -2.45. The number of carbonyl (C=O) groups excluding carboxylic acids is 1. The molecule has 0 fully saturated rings. The minimum atomic E-state index is -5.24. The summed E-state index contributed by atoms with van der Waals surface area (Å²) in [6.07, 6.45) is -5.44. The number of aliphatic hydroxyl groups is 1. The molecule has 0 bridgehead atoms. The van der Waals surface area contributed by atoms with Crippen LogP contribution in [0.1, 0.15) is 12.3 Å². The number of anilines is 1. The molecular formula is C16H12F3N3O4. The fourth-order valence-corrected chi connectivity index (χ4v) is 2.25. The van der Waals surface area contributed by atoms with E-state index in [9.17, 15) is 28.2 Å². The van der Waals surface area contributed by atoms with Gasteiger partial charge in [0.15, 0.2) is 17.2 Å². The Kier molecular flexibility index (Phi) is 4.28. The zero-order valence-corrected chi connectivity index (χ0v) is 13.0. The molecule has 0 unspecified atom stereocenters. The van der Waals surface area contributed by atoms with Gasteiger partial charge in [-0.3, -0.25) is 4.79 Å². The van der Waals surface area contributed by atoms with Gasteiger partial charge >= 0.3 is 6.18 Å². The second-order valence-corrected chi connectivity index (χ2v) is 5.44. The third-order valence-corrected chi connectivity index (χ3v) is 3.58. The first-order valence-electron chi connectivity index (χ1n) is 7.30. The van der Waals surface area contributed by atoms with Crippen LogP contribution in [-0.4, -0.2) is 32.3 Å². The lowest BCUT2D eigenvalue weighted by molar-refractivity contribution is -0.274. The van der Waals surface area contributed by atoms with Gasteiger partial charge in [0.05, 0.1) is 6.42 Å². The number of amides is 1. The van der Waals surface area contributed by atoms with Gasteiger partial charge in [0.1, 0.15) is 5.52 Å². The van der Waals surface area contributed by atoms with Gasteiger partial charge in [0.25, 0.3) is 0 Å². The van der Waals surface area contributed by atoms with Gasteiger partial charge in [-0.2, -0.15) is 13.2 Å². The predicted molar refractivity (Wildman–Crippen MR) is 83.1 cm³/mol. The normalized spacial score (nSPS) is 14.2. The van der Waals surface area contributed by atoms with Gasteiger partial charge in [0, 0.05) is 6.20 Å². The molecule has 2 heterocycles. The largest absolute Gasteiger partial charge is 0.504 e. The molecule has 0 spiro atoms. The van der Waals surface area contributed by atoms with Gasteiger partial charge < -0.3 is 19.9 Å². The maximum atomic E-state index is 13.5. The van der Waals surface area contributed by atoms with Crippen LogP contribution in [0.5, 0.6) is 5.75 Å². The number of carbonyl (C=O) groups is 1. The van der Waals surface area contributed by atoms with E-state index in [0.29, 0.717) is 0 Å². The number of rotatable bonds is 4. The second kappa shape index (κ2) is 6.30. The standard InChI is InChI=1S/C16H12F3N3O4/c17-16(18,19)15(25,14-21-9-4-1-2-6-11(9)26-14)8-12(24)22-13-10(23)5-3-7-20-13/h1-7,23,25H,8H2,(H,20,22,24)/t15-/m0/s1. The Labute approximate surface area is 144 Å². The lowest BCUT2D eigenvalue weighted by Gasteiger charge is -2.26. The van der Waals surface area contributed by atoms with Gasteiger partial charge in [-0.05, 0) is 24.3 Å².